The largest absolute Gasteiger partial charge is 0.404 e. The molecule has 4 rings (SSSR count). The highest BCUT2D eigenvalue weighted by atomic mass is 32.2. The van der Waals surface area contributed by atoms with Crippen molar-refractivity contribution in [2.24, 2.45) is 0 Å². The summed E-state index contributed by atoms with van der Waals surface area (Å²) in [5, 5.41) is 2.39. The molecule has 12 heteroatoms. The summed E-state index contributed by atoms with van der Waals surface area (Å²) in [5.41, 5.74) is 3.63. The predicted octanol–water partition coefficient (Wildman–Crippen LogP) is 4.83. The summed E-state index contributed by atoms with van der Waals surface area (Å²) in [7, 11) is -4.43. The number of hydrogen-bond donors (Lipinski definition) is 1. The van der Waals surface area contributed by atoms with Crippen LogP contribution in [0, 0.1) is 12.7 Å². The van der Waals surface area contributed by atoms with Crippen molar-refractivity contribution in [1.82, 2.24) is 19.3 Å². The van der Waals surface area contributed by atoms with Crippen LogP contribution >= 0.6 is 11.3 Å². The van der Waals surface area contributed by atoms with Crippen molar-refractivity contribution in [2.75, 3.05) is 0 Å². The number of nitrogens with zero attached hydrogens (tertiary/aromatic N) is 3. The van der Waals surface area contributed by atoms with Crippen LogP contribution in [0.4, 0.5) is 17.6 Å². The minimum absolute atomic E-state index is 0.343. The zero-order valence-corrected chi connectivity index (χ0v) is 18.3. The summed E-state index contributed by atoms with van der Waals surface area (Å²) in [4.78, 5) is 8.06. The fourth-order valence-corrected chi connectivity index (χ4v) is 4.83. The first-order chi connectivity index (χ1) is 15.0. The van der Waals surface area contributed by atoms with E-state index >= 15 is 0 Å². The number of sulfonamides is 1. The number of fused-ring (bicyclic) bond motifs is 1. The molecule has 1 N–H and O–H groups in total. The quantitative estimate of drug-likeness (QED) is 0.412. The molecule has 3 heterocycles. The number of rotatable bonds is 5. The lowest BCUT2D eigenvalue weighted by Gasteiger charge is -2.17. The zero-order chi connectivity index (χ0) is 23.3. The molecule has 168 valence electrons. The standard InChI is InChI=1S/C20H16F4N4O2S2/c1-11-5-17-13(6-15(11)21)7-18(28(17)19-9-31-10-26-19)16-4-3-14(8-25-16)32(29,30)27-12(2)20(22,23)24/h3-10,12,27H,1-2H3/t12-/m0/s1. The van der Waals surface area contributed by atoms with Gasteiger partial charge in [0.05, 0.1) is 22.4 Å². The van der Waals surface area contributed by atoms with E-state index in [9.17, 15) is 26.0 Å². The molecule has 0 bridgehead atoms. The number of aromatic nitrogens is 3. The molecule has 0 aliphatic heterocycles. The van der Waals surface area contributed by atoms with Gasteiger partial charge in [-0.25, -0.2) is 17.8 Å². The van der Waals surface area contributed by atoms with Crippen LogP contribution in [-0.4, -0.2) is 35.2 Å². The maximum atomic E-state index is 14.1. The smallest absolute Gasteiger partial charge is 0.292 e. The van der Waals surface area contributed by atoms with Gasteiger partial charge in [0.2, 0.25) is 10.0 Å². The molecule has 0 spiro atoms. The van der Waals surface area contributed by atoms with Crippen molar-refractivity contribution in [3.05, 3.63) is 58.8 Å². The fraction of sp³-hybridized carbons (Fsp3) is 0.200. The average molecular weight is 485 g/mol. The van der Waals surface area contributed by atoms with Gasteiger partial charge in [-0.3, -0.25) is 9.55 Å². The highest BCUT2D eigenvalue weighted by Gasteiger charge is 2.39. The number of nitrogens with one attached hydrogen (secondary N) is 1. The van der Waals surface area contributed by atoms with E-state index < -0.39 is 27.1 Å². The minimum Gasteiger partial charge on any atom is -0.292 e. The summed E-state index contributed by atoms with van der Waals surface area (Å²) in [5.74, 6) is 0.198. The molecule has 0 aliphatic rings. The normalized spacial score (nSPS) is 13.6. The first kappa shape index (κ1) is 22.4. The SMILES string of the molecule is Cc1cc2c(cc1F)cc(-c1ccc(S(=O)(=O)N[C@@H](C)C(F)(F)F)cn1)n2-c1cscn1. The Bertz CT molecular complexity index is 1380. The Labute approximate surface area is 184 Å². The molecular weight excluding hydrogens is 468 g/mol. The summed E-state index contributed by atoms with van der Waals surface area (Å²) in [6, 6.07) is 5.05. The van der Waals surface area contributed by atoms with Gasteiger partial charge in [0, 0.05) is 17.0 Å². The highest BCUT2D eigenvalue weighted by Crippen LogP contribution is 2.32. The van der Waals surface area contributed by atoms with Gasteiger partial charge in [-0.2, -0.15) is 17.9 Å². The van der Waals surface area contributed by atoms with Crippen LogP contribution in [-0.2, 0) is 10.0 Å². The van der Waals surface area contributed by atoms with Crippen molar-refractivity contribution in [3.63, 3.8) is 0 Å². The molecule has 0 saturated carbocycles. The van der Waals surface area contributed by atoms with E-state index in [1.807, 2.05) is 0 Å². The molecule has 0 unspecified atom stereocenters. The average Bonchev–Trinajstić information content (AvgIpc) is 3.35. The van der Waals surface area contributed by atoms with Gasteiger partial charge in [0.25, 0.3) is 0 Å². The topological polar surface area (TPSA) is 76.9 Å². The second-order valence-corrected chi connectivity index (χ2v) is 9.57. The van der Waals surface area contributed by atoms with Crippen molar-refractivity contribution in [2.45, 2.75) is 31.0 Å². The molecular formula is C20H16F4N4O2S2. The van der Waals surface area contributed by atoms with Gasteiger partial charge >= 0.3 is 6.18 Å². The predicted molar refractivity (Wildman–Crippen MR) is 113 cm³/mol. The number of pyridine rings is 1. The maximum Gasteiger partial charge on any atom is 0.404 e. The fourth-order valence-electron chi connectivity index (χ4n) is 3.14. The number of hydrogen-bond acceptors (Lipinski definition) is 5. The van der Waals surface area contributed by atoms with Gasteiger partial charge in [0.1, 0.15) is 22.6 Å². The summed E-state index contributed by atoms with van der Waals surface area (Å²) < 4.78 is 80.3. The van der Waals surface area contributed by atoms with Crippen LogP contribution in [0.1, 0.15) is 12.5 Å². The van der Waals surface area contributed by atoms with E-state index in [0.29, 0.717) is 40.6 Å². The molecule has 1 atom stereocenters. The third-order valence-corrected chi connectivity index (χ3v) is 6.96. The third-order valence-electron chi connectivity index (χ3n) is 4.86. The maximum absolute atomic E-state index is 14.1. The van der Waals surface area contributed by atoms with Crippen LogP contribution in [0.3, 0.4) is 0 Å². The minimum atomic E-state index is -4.72. The Balaban J connectivity index is 1.78. The van der Waals surface area contributed by atoms with E-state index in [4.69, 9.17) is 0 Å². The Morgan fingerprint density at radius 3 is 2.50 bits per heavy atom. The van der Waals surface area contributed by atoms with E-state index in [-0.39, 0.29) is 5.82 Å². The molecule has 0 fully saturated rings. The number of alkyl halides is 3. The van der Waals surface area contributed by atoms with Gasteiger partial charge in [-0.15, -0.1) is 11.3 Å². The van der Waals surface area contributed by atoms with Crippen molar-refractivity contribution < 1.29 is 26.0 Å². The lowest BCUT2D eigenvalue weighted by atomic mass is 10.1. The molecule has 6 nitrogen and oxygen atoms in total. The molecule has 0 radical (unpaired) electrons. The van der Waals surface area contributed by atoms with Gasteiger partial charge < -0.3 is 0 Å². The lowest BCUT2D eigenvalue weighted by molar-refractivity contribution is -0.147. The summed E-state index contributed by atoms with van der Waals surface area (Å²) >= 11 is 1.37. The molecule has 32 heavy (non-hydrogen) atoms. The van der Waals surface area contributed by atoms with Crippen LogP contribution in [0.15, 0.2) is 52.3 Å². The number of aryl methyl sites for hydroxylation is 1. The molecule has 1 aromatic carbocycles. The van der Waals surface area contributed by atoms with Crippen LogP contribution in [0.25, 0.3) is 28.1 Å². The zero-order valence-electron chi connectivity index (χ0n) is 16.7. The van der Waals surface area contributed by atoms with Crippen molar-refractivity contribution in [3.8, 4) is 17.2 Å². The first-order valence-electron chi connectivity index (χ1n) is 9.23. The second-order valence-electron chi connectivity index (χ2n) is 7.14. The van der Waals surface area contributed by atoms with E-state index in [1.54, 1.807) is 39.2 Å². The van der Waals surface area contributed by atoms with Crippen molar-refractivity contribution in [1.29, 1.82) is 0 Å². The number of benzene rings is 1. The van der Waals surface area contributed by atoms with Crippen LogP contribution in [0.2, 0.25) is 0 Å². The van der Waals surface area contributed by atoms with E-state index in [1.165, 1.54) is 29.5 Å². The van der Waals surface area contributed by atoms with E-state index in [2.05, 4.69) is 9.97 Å². The summed E-state index contributed by atoms with van der Waals surface area (Å²) in [6.45, 7) is 2.35. The van der Waals surface area contributed by atoms with Crippen LogP contribution < -0.4 is 4.72 Å². The molecule has 3 aromatic heterocycles. The third kappa shape index (κ3) is 4.12. The second kappa shape index (κ2) is 7.94. The Kier molecular flexibility index (Phi) is 5.55. The lowest BCUT2D eigenvalue weighted by Crippen LogP contribution is -2.42. The first-order valence-corrected chi connectivity index (χ1v) is 11.7. The number of thiazole rings is 1. The van der Waals surface area contributed by atoms with E-state index in [0.717, 1.165) is 6.20 Å². The molecule has 0 aliphatic carbocycles. The van der Waals surface area contributed by atoms with Gasteiger partial charge in [-0.05, 0) is 49.7 Å². The van der Waals surface area contributed by atoms with Gasteiger partial charge in [-0.1, -0.05) is 0 Å². The Morgan fingerprint density at radius 1 is 1.16 bits per heavy atom. The molecule has 4 aromatic rings. The molecule has 0 saturated heterocycles. The Hall–Kier alpha value is -2.83. The van der Waals surface area contributed by atoms with Crippen LogP contribution in [0.5, 0.6) is 0 Å². The molecule has 0 amide bonds. The summed E-state index contributed by atoms with van der Waals surface area (Å²) in [6.07, 6.45) is -3.74. The monoisotopic (exact) mass is 484 g/mol. The highest BCUT2D eigenvalue weighted by molar-refractivity contribution is 7.89. The Morgan fingerprint density at radius 2 is 1.91 bits per heavy atom. The van der Waals surface area contributed by atoms with Crippen molar-refractivity contribution >= 4 is 32.3 Å². The number of halogens is 4. The van der Waals surface area contributed by atoms with Gasteiger partial charge in [0.15, 0.2) is 0 Å².